The summed E-state index contributed by atoms with van der Waals surface area (Å²) in [5.74, 6) is 1.79. The van der Waals surface area contributed by atoms with Crippen molar-refractivity contribution in [3.05, 3.63) is 0 Å². The minimum Gasteiger partial charge on any atom is -0.314 e. The fourth-order valence-corrected chi connectivity index (χ4v) is 1.48. The third-order valence-electron chi connectivity index (χ3n) is 2.33. The van der Waals surface area contributed by atoms with Crippen molar-refractivity contribution in [1.29, 1.82) is 0 Å². The van der Waals surface area contributed by atoms with Gasteiger partial charge in [0.05, 0.1) is 0 Å². The molecule has 0 aromatic rings. The maximum Gasteiger partial charge on any atom is 0.00420 e. The standard InChI is InChI=1S/C8H17N/c1-6(2)8-4-7(3)9-5-8/h6-9H,4-5H2,1-3H3/t7?,8-/m0/s1. The largest absolute Gasteiger partial charge is 0.314 e. The second-order valence-electron chi connectivity index (χ2n) is 3.55. The zero-order chi connectivity index (χ0) is 6.85. The van der Waals surface area contributed by atoms with Gasteiger partial charge < -0.3 is 5.32 Å². The lowest BCUT2D eigenvalue weighted by Crippen LogP contribution is -2.17. The van der Waals surface area contributed by atoms with Crippen LogP contribution in [0.5, 0.6) is 0 Å². The smallest absolute Gasteiger partial charge is 0.00420 e. The van der Waals surface area contributed by atoms with E-state index in [1.165, 1.54) is 13.0 Å². The number of hydrogen-bond donors (Lipinski definition) is 1. The summed E-state index contributed by atoms with van der Waals surface area (Å²) in [5.41, 5.74) is 0. The minimum atomic E-state index is 0.761. The Balaban J connectivity index is 2.30. The van der Waals surface area contributed by atoms with E-state index in [1.807, 2.05) is 0 Å². The predicted octanol–water partition coefficient (Wildman–Crippen LogP) is 1.64. The van der Waals surface area contributed by atoms with Crippen molar-refractivity contribution in [3.63, 3.8) is 0 Å². The van der Waals surface area contributed by atoms with Gasteiger partial charge in [0.1, 0.15) is 0 Å². The fraction of sp³-hybridized carbons (Fsp3) is 1.00. The zero-order valence-corrected chi connectivity index (χ0v) is 6.65. The van der Waals surface area contributed by atoms with Gasteiger partial charge in [0.2, 0.25) is 0 Å². The van der Waals surface area contributed by atoms with E-state index in [4.69, 9.17) is 0 Å². The molecule has 1 rings (SSSR count). The summed E-state index contributed by atoms with van der Waals surface area (Å²) in [6.07, 6.45) is 1.37. The van der Waals surface area contributed by atoms with Crippen molar-refractivity contribution in [1.82, 2.24) is 5.32 Å². The summed E-state index contributed by atoms with van der Waals surface area (Å²) in [6.45, 7) is 8.12. The SMILES string of the molecule is CC1C[C@H](C(C)C)CN1. The summed E-state index contributed by atoms with van der Waals surface area (Å²) in [7, 11) is 0. The van der Waals surface area contributed by atoms with E-state index in [0.29, 0.717) is 0 Å². The van der Waals surface area contributed by atoms with Crippen LogP contribution in [-0.2, 0) is 0 Å². The maximum absolute atomic E-state index is 3.45. The van der Waals surface area contributed by atoms with Crippen molar-refractivity contribution in [2.24, 2.45) is 11.8 Å². The Morgan fingerprint density at radius 1 is 1.44 bits per heavy atom. The maximum atomic E-state index is 3.45. The van der Waals surface area contributed by atoms with E-state index in [1.54, 1.807) is 0 Å². The van der Waals surface area contributed by atoms with Gasteiger partial charge in [-0.05, 0) is 31.7 Å². The first-order valence-electron chi connectivity index (χ1n) is 3.93. The first kappa shape index (κ1) is 7.07. The molecule has 0 aliphatic carbocycles. The third kappa shape index (κ3) is 1.68. The van der Waals surface area contributed by atoms with E-state index >= 15 is 0 Å². The van der Waals surface area contributed by atoms with Gasteiger partial charge in [-0.3, -0.25) is 0 Å². The summed E-state index contributed by atoms with van der Waals surface area (Å²) in [5, 5.41) is 3.45. The molecule has 1 heterocycles. The van der Waals surface area contributed by atoms with Gasteiger partial charge in [0.25, 0.3) is 0 Å². The Bertz CT molecular complexity index is 88.6. The first-order valence-corrected chi connectivity index (χ1v) is 3.93. The Morgan fingerprint density at radius 2 is 2.11 bits per heavy atom. The molecule has 1 N–H and O–H groups in total. The molecule has 1 heteroatoms. The van der Waals surface area contributed by atoms with Crippen LogP contribution in [0.3, 0.4) is 0 Å². The van der Waals surface area contributed by atoms with Crippen molar-refractivity contribution >= 4 is 0 Å². The van der Waals surface area contributed by atoms with E-state index in [2.05, 4.69) is 26.1 Å². The molecule has 1 aliphatic rings. The summed E-state index contributed by atoms with van der Waals surface area (Å²) in [4.78, 5) is 0. The molecule has 0 aromatic carbocycles. The molecule has 1 saturated heterocycles. The Kier molecular flexibility index (Phi) is 2.12. The molecule has 54 valence electrons. The zero-order valence-electron chi connectivity index (χ0n) is 6.65. The van der Waals surface area contributed by atoms with Crippen LogP contribution >= 0.6 is 0 Å². The van der Waals surface area contributed by atoms with Gasteiger partial charge in [-0.2, -0.15) is 0 Å². The fourth-order valence-electron chi connectivity index (χ4n) is 1.48. The average molecular weight is 127 g/mol. The topological polar surface area (TPSA) is 12.0 Å². The van der Waals surface area contributed by atoms with E-state index < -0.39 is 0 Å². The molecule has 1 fully saturated rings. The average Bonchev–Trinajstić information content (AvgIpc) is 2.14. The highest BCUT2D eigenvalue weighted by Crippen LogP contribution is 2.20. The van der Waals surface area contributed by atoms with Gasteiger partial charge in [0, 0.05) is 6.04 Å². The van der Waals surface area contributed by atoms with Gasteiger partial charge in [-0.1, -0.05) is 13.8 Å². The molecule has 0 spiro atoms. The van der Waals surface area contributed by atoms with Crippen LogP contribution in [0.2, 0.25) is 0 Å². The van der Waals surface area contributed by atoms with E-state index in [-0.39, 0.29) is 0 Å². The first-order chi connectivity index (χ1) is 4.20. The number of hydrogen-bond acceptors (Lipinski definition) is 1. The second-order valence-corrected chi connectivity index (χ2v) is 3.55. The van der Waals surface area contributed by atoms with Gasteiger partial charge in [0.15, 0.2) is 0 Å². The van der Waals surface area contributed by atoms with E-state index in [0.717, 1.165) is 17.9 Å². The lowest BCUT2D eigenvalue weighted by Gasteiger charge is -2.11. The molecule has 1 nitrogen and oxygen atoms in total. The van der Waals surface area contributed by atoms with Crippen LogP contribution in [0.25, 0.3) is 0 Å². The van der Waals surface area contributed by atoms with Crippen LogP contribution in [0, 0.1) is 11.8 Å². The monoisotopic (exact) mass is 127 g/mol. The highest BCUT2D eigenvalue weighted by Gasteiger charge is 2.22. The van der Waals surface area contributed by atoms with Gasteiger partial charge >= 0.3 is 0 Å². The Labute approximate surface area is 57.8 Å². The van der Waals surface area contributed by atoms with Crippen molar-refractivity contribution < 1.29 is 0 Å². The molecule has 2 atom stereocenters. The van der Waals surface area contributed by atoms with Crippen molar-refractivity contribution in [2.45, 2.75) is 33.2 Å². The predicted molar refractivity (Wildman–Crippen MR) is 40.4 cm³/mol. The Morgan fingerprint density at radius 3 is 2.33 bits per heavy atom. The highest BCUT2D eigenvalue weighted by atomic mass is 14.9. The number of rotatable bonds is 1. The lowest BCUT2D eigenvalue weighted by molar-refractivity contribution is 0.413. The second kappa shape index (κ2) is 2.70. The Hall–Kier alpha value is -0.0400. The van der Waals surface area contributed by atoms with Crippen molar-refractivity contribution in [3.8, 4) is 0 Å². The molecular formula is C8H17N. The summed E-state index contributed by atoms with van der Waals surface area (Å²) in [6, 6.07) is 0.761. The quantitative estimate of drug-likeness (QED) is 0.564. The molecule has 0 amide bonds. The third-order valence-corrected chi connectivity index (χ3v) is 2.33. The molecular weight excluding hydrogens is 110 g/mol. The molecule has 0 aromatic heterocycles. The molecule has 0 bridgehead atoms. The number of nitrogens with one attached hydrogen (secondary N) is 1. The summed E-state index contributed by atoms with van der Waals surface area (Å²) < 4.78 is 0. The van der Waals surface area contributed by atoms with Gasteiger partial charge in [-0.25, -0.2) is 0 Å². The van der Waals surface area contributed by atoms with Gasteiger partial charge in [-0.15, -0.1) is 0 Å². The normalized spacial score (nSPS) is 36.0. The van der Waals surface area contributed by atoms with Crippen LogP contribution in [0.1, 0.15) is 27.2 Å². The highest BCUT2D eigenvalue weighted by molar-refractivity contribution is 4.79. The van der Waals surface area contributed by atoms with Crippen LogP contribution < -0.4 is 5.32 Å². The van der Waals surface area contributed by atoms with Crippen LogP contribution in [0.15, 0.2) is 0 Å². The molecule has 9 heavy (non-hydrogen) atoms. The lowest BCUT2D eigenvalue weighted by atomic mass is 9.94. The van der Waals surface area contributed by atoms with E-state index in [9.17, 15) is 0 Å². The molecule has 0 saturated carbocycles. The molecule has 1 unspecified atom stereocenters. The summed E-state index contributed by atoms with van der Waals surface area (Å²) >= 11 is 0. The molecule has 0 radical (unpaired) electrons. The van der Waals surface area contributed by atoms with Crippen LogP contribution in [-0.4, -0.2) is 12.6 Å². The minimum absolute atomic E-state index is 0.761. The molecule has 1 aliphatic heterocycles. The van der Waals surface area contributed by atoms with Crippen molar-refractivity contribution in [2.75, 3.05) is 6.54 Å². The van der Waals surface area contributed by atoms with Crippen LogP contribution in [0.4, 0.5) is 0 Å².